The van der Waals surface area contributed by atoms with Crippen LogP contribution in [0.4, 0.5) is 4.39 Å². The van der Waals surface area contributed by atoms with Gasteiger partial charge in [0, 0.05) is 6.61 Å². The van der Waals surface area contributed by atoms with Crippen LogP contribution < -0.4 is 0 Å². The molecule has 0 aliphatic heterocycles. The quantitative estimate of drug-likeness (QED) is 0.716. The van der Waals surface area contributed by atoms with Gasteiger partial charge in [-0.05, 0) is 36.1 Å². The molecule has 0 aliphatic rings. The summed E-state index contributed by atoms with van der Waals surface area (Å²) < 4.78 is 18.3. The third-order valence-electron chi connectivity index (χ3n) is 2.19. The van der Waals surface area contributed by atoms with Crippen molar-refractivity contribution in [1.29, 1.82) is 0 Å². The lowest BCUT2D eigenvalue weighted by Gasteiger charge is -2.12. The topological polar surface area (TPSA) is 9.23 Å². The zero-order chi connectivity index (χ0) is 10.6. The zero-order valence-electron chi connectivity index (χ0n) is 9.01. The molecular formula is C12H17FO. The van der Waals surface area contributed by atoms with E-state index in [0.29, 0.717) is 19.1 Å². The van der Waals surface area contributed by atoms with E-state index < -0.39 is 0 Å². The molecule has 0 amide bonds. The molecule has 0 aromatic heterocycles. The van der Waals surface area contributed by atoms with Gasteiger partial charge in [-0.15, -0.1) is 0 Å². The van der Waals surface area contributed by atoms with Gasteiger partial charge in [-0.25, -0.2) is 4.39 Å². The van der Waals surface area contributed by atoms with Gasteiger partial charge in [0.25, 0.3) is 0 Å². The molecule has 1 nitrogen and oxygen atoms in total. The second-order valence-corrected chi connectivity index (χ2v) is 3.63. The minimum atomic E-state index is -0.191. The highest BCUT2D eigenvalue weighted by Gasteiger charge is 2.07. The monoisotopic (exact) mass is 196 g/mol. The SMILES string of the molecule is CCOCc1cc(F)ccc1C(C)C. The second-order valence-electron chi connectivity index (χ2n) is 3.63. The largest absolute Gasteiger partial charge is 0.377 e. The van der Waals surface area contributed by atoms with Crippen molar-refractivity contribution in [2.45, 2.75) is 33.3 Å². The fraction of sp³-hybridized carbons (Fsp3) is 0.500. The van der Waals surface area contributed by atoms with Crippen molar-refractivity contribution in [2.75, 3.05) is 6.61 Å². The molecule has 1 rings (SSSR count). The standard InChI is InChI=1S/C12H17FO/c1-4-14-8-10-7-11(13)5-6-12(10)9(2)3/h5-7,9H,4,8H2,1-3H3. The minimum Gasteiger partial charge on any atom is -0.377 e. The highest BCUT2D eigenvalue weighted by atomic mass is 19.1. The average molecular weight is 196 g/mol. The van der Waals surface area contributed by atoms with Crippen molar-refractivity contribution in [3.8, 4) is 0 Å². The molecule has 0 aliphatic carbocycles. The van der Waals surface area contributed by atoms with Crippen molar-refractivity contribution >= 4 is 0 Å². The van der Waals surface area contributed by atoms with Gasteiger partial charge in [0.15, 0.2) is 0 Å². The van der Waals surface area contributed by atoms with E-state index in [2.05, 4.69) is 13.8 Å². The molecule has 0 fully saturated rings. The Bertz CT molecular complexity index is 294. The Morgan fingerprint density at radius 1 is 1.36 bits per heavy atom. The number of hydrogen-bond acceptors (Lipinski definition) is 1. The van der Waals surface area contributed by atoms with Crippen LogP contribution in [0.15, 0.2) is 18.2 Å². The van der Waals surface area contributed by atoms with Crippen molar-refractivity contribution in [1.82, 2.24) is 0 Å². The summed E-state index contributed by atoms with van der Waals surface area (Å²) >= 11 is 0. The average Bonchev–Trinajstić information content (AvgIpc) is 2.14. The molecule has 0 heterocycles. The summed E-state index contributed by atoms with van der Waals surface area (Å²) in [5, 5.41) is 0. The van der Waals surface area contributed by atoms with E-state index in [1.54, 1.807) is 6.07 Å². The van der Waals surface area contributed by atoms with Gasteiger partial charge < -0.3 is 4.74 Å². The Kier molecular flexibility index (Phi) is 4.08. The first-order valence-electron chi connectivity index (χ1n) is 5.01. The Hall–Kier alpha value is -0.890. The lowest BCUT2D eigenvalue weighted by atomic mass is 9.97. The van der Waals surface area contributed by atoms with Crippen LogP contribution in [0.1, 0.15) is 37.8 Å². The van der Waals surface area contributed by atoms with E-state index in [1.807, 2.05) is 13.0 Å². The Balaban J connectivity index is 2.91. The van der Waals surface area contributed by atoms with Crippen molar-refractivity contribution < 1.29 is 9.13 Å². The third-order valence-corrected chi connectivity index (χ3v) is 2.19. The molecule has 78 valence electrons. The number of rotatable bonds is 4. The van der Waals surface area contributed by atoms with Crippen LogP contribution in [0, 0.1) is 5.82 Å². The number of halogens is 1. The molecule has 0 N–H and O–H groups in total. The summed E-state index contributed by atoms with van der Waals surface area (Å²) in [6, 6.07) is 4.91. The molecule has 0 unspecified atom stereocenters. The van der Waals surface area contributed by atoms with E-state index >= 15 is 0 Å². The van der Waals surface area contributed by atoms with Crippen LogP contribution in [0.3, 0.4) is 0 Å². The fourth-order valence-electron chi connectivity index (χ4n) is 1.47. The Labute approximate surface area is 84.9 Å². The van der Waals surface area contributed by atoms with Gasteiger partial charge in [0.2, 0.25) is 0 Å². The molecule has 14 heavy (non-hydrogen) atoms. The first-order chi connectivity index (χ1) is 6.65. The van der Waals surface area contributed by atoms with E-state index in [-0.39, 0.29) is 5.82 Å². The maximum Gasteiger partial charge on any atom is 0.123 e. The lowest BCUT2D eigenvalue weighted by Crippen LogP contribution is -2.00. The van der Waals surface area contributed by atoms with Gasteiger partial charge in [-0.3, -0.25) is 0 Å². The highest BCUT2D eigenvalue weighted by molar-refractivity contribution is 5.29. The molecule has 0 spiro atoms. The second kappa shape index (κ2) is 5.11. The van der Waals surface area contributed by atoms with E-state index in [4.69, 9.17) is 4.74 Å². The van der Waals surface area contributed by atoms with E-state index in [9.17, 15) is 4.39 Å². The van der Waals surface area contributed by atoms with Crippen LogP contribution >= 0.6 is 0 Å². The van der Waals surface area contributed by atoms with E-state index in [1.165, 1.54) is 11.6 Å². The summed E-state index contributed by atoms with van der Waals surface area (Å²) in [6.07, 6.45) is 0. The van der Waals surface area contributed by atoms with Gasteiger partial charge in [-0.1, -0.05) is 19.9 Å². The number of ether oxygens (including phenoxy) is 1. The molecule has 0 atom stereocenters. The first-order valence-corrected chi connectivity index (χ1v) is 5.01. The summed E-state index contributed by atoms with van der Waals surface area (Å²) in [5.74, 6) is 0.218. The molecule has 2 heteroatoms. The number of hydrogen-bond donors (Lipinski definition) is 0. The summed E-state index contributed by atoms with van der Waals surface area (Å²) in [6.45, 7) is 7.30. The summed E-state index contributed by atoms with van der Waals surface area (Å²) in [5.41, 5.74) is 2.13. The van der Waals surface area contributed by atoms with Gasteiger partial charge in [-0.2, -0.15) is 0 Å². The van der Waals surface area contributed by atoms with Crippen LogP contribution in [0.5, 0.6) is 0 Å². The maximum atomic E-state index is 13.0. The zero-order valence-corrected chi connectivity index (χ0v) is 9.01. The van der Waals surface area contributed by atoms with Crippen LogP contribution in [0.25, 0.3) is 0 Å². The molecule has 0 bridgehead atoms. The predicted molar refractivity (Wildman–Crippen MR) is 55.8 cm³/mol. The lowest BCUT2D eigenvalue weighted by molar-refractivity contribution is 0.133. The van der Waals surface area contributed by atoms with Crippen molar-refractivity contribution in [3.05, 3.63) is 35.1 Å². The van der Waals surface area contributed by atoms with Gasteiger partial charge in [0.05, 0.1) is 6.61 Å². The first kappa shape index (κ1) is 11.2. The van der Waals surface area contributed by atoms with Gasteiger partial charge >= 0.3 is 0 Å². The highest BCUT2D eigenvalue weighted by Crippen LogP contribution is 2.21. The van der Waals surface area contributed by atoms with Crippen LogP contribution in [-0.4, -0.2) is 6.61 Å². The smallest absolute Gasteiger partial charge is 0.123 e. The molecule has 0 radical (unpaired) electrons. The molecule has 1 aromatic rings. The summed E-state index contributed by atoms with van der Waals surface area (Å²) in [7, 11) is 0. The maximum absolute atomic E-state index is 13.0. The van der Waals surface area contributed by atoms with E-state index in [0.717, 1.165) is 5.56 Å². The fourth-order valence-corrected chi connectivity index (χ4v) is 1.47. The van der Waals surface area contributed by atoms with Gasteiger partial charge in [0.1, 0.15) is 5.82 Å². The molecular weight excluding hydrogens is 179 g/mol. The molecule has 0 saturated carbocycles. The summed E-state index contributed by atoms with van der Waals surface area (Å²) in [4.78, 5) is 0. The van der Waals surface area contributed by atoms with Crippen molar-refractivity contribution in [3.63, 3.8) is 0 Å². The molecule has 0 saturated heterocycles. The van der Waals surface area contributed by atoms with Crippen LogP contribution in [-0.2, 0) is 11.3 Å². The predicted octanol–water partition coefficient (Wildman–Crippen LogP) is 3.49. The number of benzene rings is 1. The Morgan fingerprint density at radius 2 is 2.07 bits per heavy atom. The third kappa shape index (κ3) is 2.81. The Morgan fingerprint density at radius 3 is 2.64 bits per heavy atom. The van der Waals surface area contributed by atoms with Crippen molar-refractivity contribution in [2.24, 2.45) is 0 Å². The normalized spacial score (nSPS) is 10.9. The van der Waals surface area contributed by atoms with Crippen LogP contribution in [0.2, 0.25) is 0 Å². The molecule has 1 aromatic carbocycles. The minimum absolute atomic E-state index is 0.191.